The van der Waals surface area contributed by atoms with E-state index in [9.17, 15) is 8.76 Å². The van der Waals surface area contributed by atoms with Gasteiger partial charge in [0.15, 0.2) is 0 Å². The molecule has 0 saturated carbocycles. The molecule has 0 radical (unpaired) electrons. The van der Waals surface area contributed by atoms with Gasteiger partial charge in [-0.05, 0) is 0 Å². The van der Waals surface area contributed by atoms with Crippen LogP contribution in [0.1, 0.15) is 0 Å². The smallest absolute Gasteiger partial charge is 0.754 e. The van der Waals surface area contributed by atoms with Crippen LogP contribution in [0.2, 0.25) is 0 Å². The van der Waals surface area contributed by atoms with Crippen molar-refractivity contribution in [3.63, 3.8) is 0 Å². The fourth-order valence-electron chi connectivity index (χ4n) is 0.230. The Kier molecular flexibility index (Phi) is 10.8. The van der Waals surface area contributed by atoms with Gasteiger partial charge in [0.1, 0.15) is 5.82 Å². The maximum absolute atomic E-state index is 9.77. The molecular formula is C4H7N4O2SY+2. The molecule has 0 fully saturated rings. The number of nitrogens with zero attached hydrogens (tertiary/aromatic N) is 2. The first-order valence-corrected chi connectivity index (χ1v) is 3.51. The Hall–Kier alpha value is -0.106. The van der Waals surface area contributed by atoms with Crippen molar-refractivity contribution in [2.45, 2.75) is 0 Å². The first kappa shape index (κ1) is 14.4. The summed E-state index contributed by atoms with van der Waals surface area (Å²) in [5, 5.41) is 3.42. The van der Waals surface area contributed by atoms with Crippen LogP contribution in [0, 0.1) is 0 Å². The molecule has 12 heavy (non-hydrogen) atoms. The number of nitrogens with one attached hydrogen (secondary N) is 1. The Labute approximate surface area is 97.7 Å². The van der Waals surface area contributed by atoms with Crippen LogP contribution in [0.25, 0.3) is 0 Å². The van der Waals surface area contributed by atoms with Crippen LogP contribution in [0.5, 0.6) is 0 Å². The fourth-order valence-corrected chi connectivity index (χ4v) is 0.384. The van der Waals surface area contributed by atoms with Gasteiger partial charge in [0.2, 0.25) is 0 Å². The van der Waals surface area contributed by atoms with E-state index >= 15 is 0 Å². The van der Waals surface area contributed by atoms with Gasteiger partial charge in [0.05, 0.1) is 23.7 Å². The van der Waals surface area contributed by atoms with E-state index < -0.39 is 11.3 Å². The molecular weight excluding hydrogens is 257 g/mol. The predicted molar refractivity (Wildman–Crippen MR) is 42.4 cm³/mol. The van der Waals surface area contributed by atoms with Gasteiger partial charge in [-0.2, -0.15) is 5.10 Å². The van der Waals surface area contributed by atoms with E-state index in [1.165, 1.54) is 0 Å². The second-order valence-electron chi connectivity index (χ2n) is 1.39. The summed E-state index contributed by atoms with van der Waals surface area (Å²) in [6, 6.07) is 0. The van der Waals surface area contributed by atoms with Crippen molar-refractivity contribution in [3.05, 3.63) is 12.4 Å². The summed E-state index contributed by atoms with van der Waals surface area (Å²) in [6.07, 6.45) is 2.13. The molecule has 0 aliphatic heterocycles. The summed E-state index contributed by atoms with van der Waals surface area (Å²) in [4.78, 5) is 0. The third-order valence-electron chi connectivity index (χ3n) is 0.496. The average Bonchev–Trinajstić information content (AvgIpc) is 1.85. The van der Waals surface area contributed by atoms with E-state index in [1.54, 1.807) is 0 Å². The number of hydrazone groups is 1. The quantitative estimate of drug-likeness (QED) is 0.380. The summed E-state index contributed by atoms with van der Waals surface area (Å²) < 4.78 is 22.5. The zero-order chi connectivity index (χ0) is 8.69. The molecule has 8 heteroatoms. The van der Waals surface area contributed by atoms with E-state index in [2.05, 4.69) is 21.5 Å². The summed E-state index contributed by atoms with van der Waals surface area (Å²) >= 11 is -2.43. The zero-order valence-electron chi connectivity index (χ0n) is 6.14. The molecule has 0 aromatic carbocycles. The minimum atomic E-state index is -2.43. The van der Waals surface area contributed by atoms with Crippen molar-refractivity contribution >= 4 is 23.7 Å². The van der Waals surface area contributed by atoms with Gasteiger partial charge in [0, 0.05) is 0 Å². The molecule has 0 saturated heterocycles. The van der Waals surface area contributed by atoms with Crippen molar-refractivity contribution in [3.8, 4) is 0 Å². The molecule has 0 aliphatic rings. The topological polar surface area (TPSA) is 103 Å². The van der Waals surface area contributed by atoms with Gasteiger partial charge in [-0.3, -0.25) is 9.63 Å². The van der Waals surface area contributed by atoms with Crippen LogP contribution in [-0.4, -0.2) is 21.2 Å². The van der Waals surface area contributed by atoms with Crippen molar-refractivity contribution < 1.29 is 41.5 Å². The molecule has 0 aromatic heterocycles. The van der Waals surface area contributed by atoms with E-state index in [0.29, 0.717) is 0 Å². The number of rotatable bonds is 4. The van der Waals surface area contributed by atoms with Gasteiger partial charge < -0.3 is 10.3 Å². The summed E-state index contributed by atoms with van der Waals surface area (Å²) in [6.45, 7) is 3.27. The average molecular weight is 264 g/mol. The Balaban J connectivity index is 0. The third kappa shape index (κ3) is 12.6. The van der Waals surface area contributed by atoms with Gasteiger partial charge in [-0.1, -0.05) is 6.58 Å². The van der Waals surface area contributed by atoms with Gasteiger partial charge in [-0.25, -0.2) is 4.40 Å². The molecule has 0 aliphatic carbocycles. The molecule has 0 rings (SSSR count). The predicted octanol–water partition coefficient (Wildman–Crippen LogP) is -1.15. The number of hydrogen-bond acceptors (Lipinski definition) is 5. The molecule has 0 spiro atoms. The van der Waals surface area contributed by atoms with Crippen LogP contribution in [0.4, 0.5) is 0 Å². The second-order valence-corrected chi connectivity index (χ2v) is 2.03. The number of nitrogens with two attached hydrogens (primary N) is 1. The Bertz CT molecular complexity index is 217. The van der Waals surface area contributed by atoms with Crippen LogP contribution >= 0.6 is 0 Å². The van der Waals surface area contributed by atoms with Gasteiger partial charge in [0.25, 0.3) is 0 Å². The molecule has 0 aromatic rings. The zero-order valence-corrected chi connectivity index (χ0v) is 9.79. The molecule has 1 atom stereocenters. The summed E-state index contributed by atoms with van der Waals surface area (Å²) in [5.41, 5.74) is 7.33. The minimum Gasteiger partial charge on any atom is -0.754 e. The fraction of sp³-hybridized carbons (Fsp3) is 0. The monoisotopic (exact) mass is 264 g/mol. The minimum absolute atomic E-state index is 0. The van der Waals surface area contributed by atoms with Crippen molar-refractivity contribution in [2.75, 3.05) is 0 Å². The van der Waals surface area contributed by atoms with Gasteiger partial charge in [-0.15, -0.1) is 0 Å². The first-order chi connectivity index (χ1) is 5.13. The first-order valence-electron chi connectivity index (χ1n) is 2.48. The Morgan fingerprint density at radius 1 is 1.67 bits per heavy atom. The molecule has 0 amide bonds. The maximum atomic E-state index is 9.77. The second kappa shape index (κ2) is 8.99. The van der Waals surface area contributed by atoms with Gasteiger partial charge >= 0.3 is 32.7 Å². The molecule has 62 valence electrons. The maximum Gasteiger partial charge on any atom is 3.00 e. The molecule has 6 nitrogen and oxygen atoms in total. The van der Waals surface area contributed by atoms with Crippen LogP contribution in [0.3, 0.4) is 0 Å². The molecule has 3 N–H and O–H groups in total. The largest absolute Gasteiger partial charge is 3.00 e. The normalized spacial score (nSPS) is 12.8. The van der Waals surface area contributed by atoms with Crippen molar-refractivity contribution in [1.82, 2.24) is 5.43 Å². The Morgan fingerprint density at radius 2 is 2.25 bits per heavy atom. The van der Waals surface area contributed by atoms with E-state index in [0.717, 1.165) is 12.4 Å². The van der Waals surface area contributed by atoms with E-state index in [-0.39, 0.29) is 38.5 Å². The van der Waals surface area contributed by atoms with Crippen molar-refractivity contribution in [1.29, 1.82) is 0 Å². The standard InChI is InChI=1S/C4H8N4O2S.Y/c1-4(5)8-6-2-3-7-11(9)10;/h2-3,8H,1,5H2,(H,9,10);/q;+3/p-1/b6-2+,7-3+;. The van der Waals surface area contributed by atoms with Crippen LogP contribution in [-0.2, 0) is 44.0 Å². The van der Waals surface area contributed by atoms with E-state index in [4.69, 9.17) is 5.73 Å². The summed E-state index contributed by atoms with van der Waals surface area (Å²) in [5.74, 6) is 0.165. The third-order valence-corrected chi connectivity index (χ3v) is 0.790. The van der Waals surface area contributed by atoms with Crippen LogP contribution < -0.4 is 11.2 Å². The SMILES string of the molecule is C=C(N)N/N=C/C=N/S(=O)[O-].[Y+3]. The molecule has 0 bridgehead atoms. The van der Waals surface area contributed by atoms with E-state index in [1.807, 2.05) is 0 Å². The van der Waals surface area contributed by atoms with Crippen LogP contribution in [0.15, 0.2) is 21.9 Å². The molecule has 0 heterocycles. The molecule has 1 unspecified atom stereocenters. The Morgan fingerprint density at radius 3 is 2.67 bits per heavy atom. The number of hydrogen-bond donors (Lipinski definition) is 2. The van der Waals surface area contributed by atoms with Crippen molar-refractivity contribution in [2.24, 2.45) is 15.2 Å². The summed E-state index contributed by atoms with van der Waals surface area (Å²) in [7, 11) is 0.